The molecular formula is C16H26F3IN4O. The fraction of sp³-hybridized carbons (Fsp3) is 0.750. The number of halogens is 4. The number of guanidine groups is 1. The predicted molar refractivity (Wildman–Crippen MR) is 101 cm³/mol. The molecule has 2 N–H and O–H groups in total. The van der Waals surface area contributed by atoms with Crippen LogP contribution in [0.4, 0.5) is 13.2 Å². The van der Waals surface area contributed by atoms with Crippen molar-refractivity contribution >= 4 is 29.9 Å². The van der Waals surface area contributed by atoms with Gasteiger partial charge in [0.1, 0.15) is 5.76 Å². The summed E-state index contributed by atoms with van der Waals surface area (Å²) in [5.41, 5.74) is 1.91. The Labute approximate surface area is 163 Å². The van der Waals surface area contributed by atoms with E-state index in [4.69, 9.17) is 4.52 Å². The summed E-state index contributed by atoms with van der Waals surface area (Å²) in [6, 6.07) is -0.198. The van der Waals surface area contributed by atoms with E-state index in [1.165, 1.54) is 0 Å². The van der Waals surface area contributed by atoms with Gasteiger partial charge in [0, 0.05) is 25.2 Å². The second-order valence-electron chi connectivity index (χ2n) is 6.30. The summed E-state index contributed by atoms with van der Waals surface area (Å²) in [5.74, 6) is 0.108. The van der Waals surface area contributed by atoms with E-state index >= 15 is 0 Å². The maximum atomic E-state index is 12.9. The summed E-state index contributed by atoms with van der Waals surface area (Å²) in [6.45, 7) is 4.36. The van der Waals surface area contributed by atoms with Crippen LogP contribution in [0.3, 0.4) is 0 Å². The fourth-order valence-corrected chi connectivity index (χ4v) is 3.17. The van der Waals surface area contributed by atoms with Crippen molar-refractivity contribution in [1.82, 2.24) is 15.8 Å². The smallest absolute Gasteiger partial charge is 0.361 e. The van der Waals surface area contributed by atoms with Crippen LogP contribution in [0.2, 0.25) is 0 Å². The lowest BCUT2D eigenvalue weighted by Gasteiger charge is -2.31. The van der Waals surface area contributed by atoms with Crippen LogP contribution in [0.1, 0.15) is 42.7 Å². The van der Waals surface area contributed by atoms with E-state index in [1.807, 2.05) is 13.8 Å². The van der Waals surface area contributed by atoms with Crippen molar-refractivity contribution in [2.45, 2.75) is 58.2 Å². The minimum atomic E-state index is -4.11. The third kappa shape index (κ3) is 6.34. The molecule has 1 saturated carbocycles. The Balaban J connectivity index is 0.00000312. The molecule has 0 amide bonds. The zero-order valence-corrected chi connectivity index (χ0v) is 17.1. The van der Waals surface area contributed by atoms with Crippen molar-refractivity contribution in [1.29, 1.82) is 0 Å². The molecule has 0 bridgehead atoms. The lowest BCUT2D eigenvalue weighted by Crippen LogP contribution is -2.47. The van der Waals surface area contributed by atoms with Gasteiger partial charge in [-0.1, -0.05) is 11.6 Å². The van der Waals surface area contributed by atoms with Crippen molar-refractivity contribution in [3.8, 4) is 0 Å². The molecule has 0 aliphatic heterocycles. The van der Waals surface area contributed by atoms with Crippen LogP contribution >= 0.6 is 24.0 Å². The number of rotatable bonds is 4. The number of alkyl halides is 3. The number of nitrogens with one attached hydrogen (secondary N) is 2. The summed E-state index contributed by atoms with van der Waals surface area (Å²) in [6.07, 6.45) is -1.75. The average molecular weight is 474 g/mol. The van der Waals surface area contributed by atoms with Crippen molar-refractivity contribution in [3.05, 3.63) is 17.0 Å². The number of aromatic nitrogens is 1. The van der Waals surface area contributed by atoms with Crippen LogP contribution in [0.5, 0.6) is 0 Å². The van der Waals surface area contributed by atoms with Gasteiger partial charge in [-0.15, -0.1) is 24.0 Å². The fourth-order valence-electron chi connectivity index (χ4n) is 3.17. The molecule has 1 fully saturated rings. The van der Waals surface area contributed by atoms with Gasteiger partial charge in [-0.3, -0.25) is 4.99 Å². The van der Waals surface area contributed by atoms with Gasteiger partial charge in [0.05, 0.1) is 11.6 Å². The lowest BCUT2D eigenvalue weighted by atomic mass is 9.85. The molecule has 2 atom stereocenters. The van der Waals surface area contributed by atoms with E-state index in [9.17, 15) is 13.2 Å². The third-order valence-electron chi connectivity index (χ3n) is 4.55. The monoisotopic (exact) mass is 474 g/mol. The molecule has 2 unspecified atom stereocenters. The molecule has 0 spiro atoms. The first kappa shape index (κ1) is 22.0. The van der Waals surface area contributed by atoms with Crippen LogP contribution < -0.4 is 10.6 Å². The van der Waals surface area contributed by atoms with Crippen LogP contribution in [-0.2, 0) is 6.42 Å². The van der Waals surface area contributed by atoms with Crippen LogP contribution in [0.15, 0.2) is 9.52 Å². The third-order valence-corrected chi connectivity index (χ3v) is 4.55. The lowest BCUT2D eigenvalue weighted by molar-refractivity contribution is -0.183. The molecule has 144 valence electrons. The van der Waals surface area contributed by atoms with Crippen molar-refractivity contribution in [2.75, 3.05) is 13.6 Å². The summed E-state index contributed by atoms with van der Waals surface area (Å²) < 4.78 is 43.8. The van der Waals surface area contributed by atoms with Gasteiger partial charge in [-0.2, -0.15) is 13.2 Å². The Morgan fingerprint density at radius 3 is 2.60 bits per heavy atom. The van der Waals surface area contributed by atoms with Crippen LogP contribution in [0, 0.1) is 19.8 Å². The topological polar surface area (TPSA) is 62.5 Å². The first-order valence-electron chi connectivity index (χ1n) is 8.27. The van der Waals surface area contributed by atoms with Crippen molar-refractivity contribution in [2.24, 2.45) is 10.9 Å². The Bertz CT molecular complexity index is 555. The van der Waals surface area contributed by atoms with Crippen molar-refractivity contribution in [3.63, 3.8) is 0 Å². The molecule has 1 aliphatic rings. The quantitative estimate of drug-likeness (QED) is 0.397. The van der Waals surface area contributed by atoms with Gasteiger partial charge in [-0.05, 0) is 39.5 Å². The average Bonchev–Trinajstić information content (AvgIpc) is 2.85. The standard InChI is InChI=1S/C16H25F3N4O.HI/c1-10-14(11(2)24-23-10)7-8-21-15(20-3)22-13-6-4-5-12(9-13)16(17,18)19;/h12-13H,4-9H2,1-3H3,(H2,20,21,22);1H. The summed E-state index contributed by atoms with van der Waals surface area (Å²) in [5, 5.41) is 10.2. The maximum Gasteiger partial charge on any atom is 0.391 e. The van der Waals surface area contributed by atoms with Gasteiger partial charge in [-0.25, -0.2) is 0 Å². The summed E-state index contributed by atoms with van der Waals surface area (Å²) in [7, 11) is 1.62. The van der Waals surface area contributed by atoms with Crippen molar-refractivity contribution < 1.29 is 17.7 Å². The number of hydrogen-bond acceptors (Lipinski definition) is 3. The largest absolute Gasteiger partial charge is 0.391 e. The minimum absolute atomic E-state index is 0. The predicted octanol–water partition coefficient (Wildman–Crippen LogP) is 3.74. The summed E-state index contributed by atoms with van der Waals surface area (Å²) >= 11 is 0. The molecule has 0 aromatic carbocycles. The first-order chi connectivity index (χ1) is 11.3. The molecule has 1 aromatic heterocycles. The maximum absolute atomic E-state index is 12.9. The van der Waals surface area contributed by atoms with E-state index in [2.05, 4.69) is 20.8 Å². The Hall–Kier alpha value is -1.00. The molecule has 0 saturated heterocycles. The number of hydrogen-bond donors (Lipinski definition) is 2. The first-order valence-corrected chi connectivity index (χ1v) is 8.27. The highest BCUT2D eigenvalue weighted by Crippen LogP contribution is 2.37. The second-order valence-corrected chi connectivity index (χ2v) is 6.30. The Morgan fingerprint density at radius 1 is 1.32 bits per heavy atom. The number of nitrogens with zero attached hydrogens (tertiary/aromatic N) is 2. The van der Waals surface area contributed by atoms with E-state index in [0.29, 0.717) is 18.9 Å². The van der Waals surface area contributed by atoms with Crippen LogP contribution in [-0.4, -0.2) is 36.9 Å². The van der Waals surface area contributed by atoms with Gasteiger partial charge >= 0.3 is 6.18 Å². The van der Waals surface area contributed by atoms with Gasteiger partial charge in [0.25, 0.3) is 0 Å². The van der Waals surface area contributed by atoms with Gasteiger partial charge in [0.15, 0.2) is 5.96 Å². The van der Waals surface area contributed by atoms with Gasteiger partial charge < -0.3 is 15.2 Å². The van der Waals surface area contributed by atoms with E-state index in [-0.39, 0.29) is 42.9 Å². The molecule has 0 radical (unpaired) electrons. The molecular weight excluding hydrogens is 448 g/mol. The zero-order chi connectivity index (χ0) is 17.7. The van der Waals surface area contributed by atoms with E-state index in [0.717, 1.165) is 29.9 Å². The van der Waals surface area contributed by atoms with E-state index < -0.39 is 12.1 Å². The SMILES string of the molecule is CN=C(NCCc1c(C)noc1C)NC1CCCC(C(F)(F)F)C1.I. The molecule has 5 nitrogen and oxygen atoms in total. The molecule has 1 aliphatic carbocycles. The highest BCUT2D eigenvalue weighted by Gasteiger charge is 2.42. The number of aryl methyl sites for hydroxylation is 2. The Morgan fingerprint density at radius 2 is 2.04 bits per heavy atom. The second kappa shape index (κ2) is 9.63. The summed E-state index contributed by atoms with van der Waals surface area (Å²) in [4.78, 5) is 4.11. The highest BCUT2D eigenvalue weighted by atomic mass is 127. The minimum Gasteiger partial charge on any atom is -0.361 e. The molecule has 25 heavy (non-hydrogen) atoms. The normalized spacial score (nSPS) is 21.6. The molecule has 2 rings (SSSR count). The number of aliphatic imine (C=N–C) groups is 1. The van der Waals surface area contributed by atoms with Crippen LogP contribution in [0.25, 0.3) is 0 Å². The zero-order valence-electron chi connectivity index (χ0n) is 14.7. The van der Waals surface area contributed by atoms with Gasteiger partial charge in [0.2, 0.25) is 0 Å². The molecule has 1 heterocycles. The Kier molecular flexibility index (Phi) is 8.49. The highest BCUT2D eigenvalue weighted by molar-refractivity contribution is 14.0. The molecule has 1 aromatic rings. The molecule has 9 heteroatoms. The van der Waals surface area contributed by atoms with E-state index in [1.54, 1.807) is 7.05 Å².